The number of hydrogen-bond acceptors (Lipinski definition) is 2. The second-order valence-electron chi connectivity index (χ2n) is 3.69. The zero-order chi connectivity index (χ0) is 8.97. The van der Waals surface area contributed by atoms with Gasteiger partial charge < -0.3 is 5.32 Å². The molecule has 0 aromatic rings. The van der Waals surface area contributed by atoms with Crippen LogP contribution in [-0.2, 0) is 0 Å². The number of likely N-dealkylation sites (tertiary alicyclic amines) is 1. The van der Waals surface area contributed by atoms with E-state index < -0.39 is 6.17 Å². The van der Waals surface area contributed by atoms with E-state index in [9.17, 15) is 4.39 Å². The molecule has 1 heterocycles. The first kappa shape index (κ1) is 9.93. The van der Waals surface area contributed by atoms with Crippen molar-refractivity contribution in [2.75, 3.05) is 26.7 Å². The van der Waals surface area contributed by atoms with Crippen LogP contribution in [-0.4, -0.2) is 43.8 Å². The average Bonchev–Trinajstić information content (AvgIpc) is 2.04. The third-order valence-corrected chi connectivity index (χ3v) is 2.47. The van der Waals surface area contributed by atoms with Crippen LogP contribution in [0.2, 0.25) is 0 Å². The fourth-order valence-corrected chi connectivity index (χ4v) is 1.64. The van der Waals surface area contributed by atoms with Gasteiger partial charge in [0, 0.05) is 19.1 Å². The minimum atomic E-state index is -0.595. The Morgan fingerprint density at radius 2 is 2.42 bits per heavy atom. The molecule has 1 aliphatic rings. The van der Waals surface area contributed by atoms with Crippen molar-refractivity contribution >= 4 is 0 Å². The minimum Gasteiger partial charge on any atom is -0.316 e. The molecule has 0 bridgehead atoms. The molecule has 2 nitrogen and oxygen atoms in total. The van der Waals surface area contributed by atoms with E-state index in [-0.39, 0.29) is 0 Å². The Balaban J connectivity index is 2.22. The summed E-state index contributed by atoms with van der Waals surface area (Å²) in [5.74, 6) is 0. The van der Waals surface area contributed by atoms with Crippen molar-refractivity contribution in [3.63, 3.8) is 0 Å². The molecule has 12 heavy (non-hydrogen) atoms. The van der Waals surface area contributed by atoms with Crippen molar-refractivity contribution in [2.24, 2.45) is 0 Å². The Morgan fingerprint density at radius 3 is 3.00 bits per heavy atom. The summed E-state index contributed by atoms with van der Waals surface area (Å²) in [6, 6.07) is 0.468. The van der Waals surface area contributed by atoms with E-state index in [2.05, 4.69) is 17.1 Å². The number of alkyl halides is 1. The predicted molar refractivity (Wildman–Crippen MR) is 49.1 cm³/mol. The van der Waals surface area contributed by atoms with Gasteiger partial charge in [0.2, 0.25) is 0 Å². The standard InChI is InChI=1S/C9H19FN2/c1-8(11-2)6-12-5-3-4-9(10)7-12/h8-9,11H,3-7H2,1-2H3. The fourth-order valence-electron chi connectivity index (χ4n) is 1.64. The second kappa shape index (κ2) is 4.77. The van der Waals surface area contributed by atoms with E-state index in [4.69, 9.17) is 0 Å². The molecule has 1 saturated heterocycles. The fraction of sp³-hybridized carbons (Fsp3) is 1.00. The number of piperidine rings is 1. The van der Waals surface area contributed by atoms with Crippen molar-refractivity contribution in [3.05, 3.63) is 0 Å². The smallest absolute Gasteiger partial charge is 0.113 e. The highest BCUT2D eigenvalue weighted by molar-refractivity contribution is 4.74. The molecule has 1 fully saturated rings. The van der Waals surface area contributed by atoms with Gasteiger partial charge in [-0.3, -0.25) is 4.90 Å². The molecular weight excluding hydrogens is 155 g/mol. The zero-order valence-electron chi connectivity index (χ0n) is 8.02. The highest BCUT2D eigenvalue weighted by atomic mass is 19.1. The van der Waals surface area contributed by atoms with Crippen LogP contribution in [0.3, 0.4) is 0 Å². The van der Waals surface area contributed by atoms with Crippen molar-refractivity contribution < 1.29 is 4.39 Å². The third kappa shape index (κ3) is 3.07. The Morgan fingerprint density at radius 1 is 1.67 bits per heavy atom. The van der Waals surface area contributed by atoms with E-state index in [0.717, 1.165) is 25.9 Å². The summed E-state index contributed by atoms with van der Waals surface area (Å²) in [5.41, 5.74) is 0. The van der Waals surface area contributed by atoms with Gasteiger partial charge in [-0.2, -0.15) is 0 Å². The number of hydrogen-bond donors (Lipinski definition) is 1. The van der Waals surface area contributed by atoms with Crippen LogP contribution in [0.25, 0.3) is 0 Å². The highest BCUT2D eigenvalue weighted by Gasteiger charge is 2.19. The molecule has 0 amide bonds. The second-order valence-corrected chi connectivity index (χ2v) is 3.69. The van der Waals surface area contributed by atoms with E-state index >= 15 is 0 Å². The summed E-state index contributed by atoms with van der Waals surface area (Å²) < 4.78 is 12.9. The predicted octanol–water partition coefficient (Wildman–Crippen LogP) is 1.03. The van der Waals surface area contributed by atoms with Gasteiger partial charge in [0.05, 0.1) is 0 Å². The Kier molecular flexibility index (Phi) is 3.95. The molecule has 2 unspecified atom stereocenters. The lowest BCUT2D eigenvalue weighted by Gasteiger charge is -2.30. The summed E-state index contributed by atoms with van der Waals surface area (Å²) >= 11 is 0. The Labute approximate surface area is 74.1 Å². The van der Waals surface area contributed by atoms with E-state index in [1.165, 1.54) is 0 Å². The van der Waals surface area contributed by atoms with Crippen LogP contribution in [0, 0.1) is 0 Å². The quantitative estimate of drug-likeness (QED) is 0.687. The molecule has 3 heteroatoms. The maximum absolute atomic E-state index is 12.9. The van der Waals surface area contributed by atoms with Crippen LogP contribution in [0.15, 0.2) is 0 Å². The molecule has 0 spiro atoms. The lowest BCUT2D eigenvalue weighted by Crippen LogP contribution is -2.43. The summed E-state index contributed by atoms with van der Waals surface area (Å²) in [7, 11) is 1.95. The van der Waals surface area contributed by atoms with Gasteiger partial charge in [-0.05, 0) is 33.4 Å². The lowest BCUT2D eigenvalue weighted by atomic mass is 10.1. The molecule has 0 aromatic heterocycles. The number of nitrogens with zero attached hydrogens (tertiary/aromatic N) is 1. The Hall–Kier alpha value is -0.150. The van der Waals surface area contributed by atoms with Crippen LogP contribution < -0.4 is 5.32 Å². The van der Waals surface area contributed by atoms with Gasteiger partial charge in [0.15, 0.2) is 0 Å². The first-order valence-corrected chi connectivity index (χ1v) is 4.76. The maximum Gasteiger partial charge on any atom is 0.113 e. The first-order chi connectivity index (χ1) is 5.72. The van der Waals surface area contributed by atoms with Gasteiger partial charge in [-0.1, -0.05) is 0 Å². The van der Waals surface area contributed by atoms with Gasteiger partial charge in [-0.15, -0.1) is 0 Å². The summed E-state index contributed by atoms with van der Waals surface area (Å²) in [6.45, 7) is 4.79. The van der Waals surface area contributed by atoms with Crippen molar-refractivity contribution in [1.82, 2.24) is 10.2 Å². The van der Waals surface area contributed by atoms with Crippen molar-refractivity contribution in [2.45, 2.75) is 32.0 Å². The van der Waals surface area contributed by atoms with E-state index in [1.54, 1.807) is 0 Å². The summed E-state index contributed by atoms with van der Waals surface area (Å²) in [5, 5.41) is 3.16. The third-order valence-electron chi connectivity index (χ3n) is 2.47. The van der Waals surface area contributed by atoms with E-state index in [1.807, 2.05) is 7.05 Å². The highest BCUT2D eigenvalue weighted by Crippen LogP contribution is 2.12. The number of nitrogens with one attached hydrogen (secondary N) is 1. The molecule has 1 aliphatic heterocycles. The first-order valence-electron chi connectivity index (χ1n) is 4.76. The topological polar surface area (TPSA) is 15.3 Å². The molecule has 0 aliphatic carbocycles. The van der Waals surface area contributed by atoms with Crippen LogP contribution in [0.5, 0.6) is 0 Å². The van der Waals surface area contributed by atoms with Gasteiger partial charge in [0.1, 0.15) is 6.17 Å². The molecule has 2 atom stereocenters. The zero-order valence-corrected chi connectivity index (χ0v) is 8.02. The normalized spacial score (nSPS) is 28.8. The monoisotopic (exact) mass is 174 g/mol. The Bertz CT molecular complexity index is 130. The molecule has 0 radical (unpaired) electrons. The number of likely N-dealkylation sites (N-methyl/N-ethyl adjacent to an activating group) is 1. The molecule has 1 rings (SSSR count). The van der Waals surface area contributed by atoms with Gasteiger partial charge in [-0.25, -0.2) is 4.39 Å². The van der Waals surface area contributed by atoms with Crippen molar-refractivity contribution in [3.8, 4) is 0 Å². The molecular formula is C9H19FN2. The maximum atomic E-state index is 12.9. The van der Waals surface area contributed by atoms with Crippen LogP contribution in [0.1, 0.15) is 19.8 Å². The molecule has 0 saturated carbocycles. The van der Waals surface area contributed by atoms with Crippen molar-refractivity contribution in [1.29, 1.82) is 0 Å². The minimum absolute atomic E-state index is 0.468. The number of halogens is 1. The SMILES string of the molecule is CNC(C)CN1CCCC(F)C1. The largest absolute Gasteiger partial charge is 0.316 e. The number of rotatable bonds is 3. The molecule has 72 valence electrons. The molecule has 1 N–H and O–H groups in total. The summed E-state index contributed by atoms with van der Waals surface area (Å²) in [6.07, 6.45) is 1.17. The van der Waals surface area contributed by atoms with Crippen LogP contribution in [0.4, 0.5) is 4.39 Å². The summed E-state index contributed by atoms with van der Waals surface area (Å²) in [4.78, 5) is 2.20. The van der Waals surface area contributed by atoms with Gasteiger partial charge >= 0.3 is 0 Å². The molecule has 0 aromatic carbocycles. The van der Waals surface area contributed by atoms with Crippen LogP contribution >= 0.6 is 0 Å². The average molecular weight is 174 g/mol. The van der Waals surface area contributed by atoms with E-state index in [0.29, 0.717) is 12.6 Å². The van der Waals surface area contributed by atoms with Gasteiger partial charge in [0.25, 0.3) is 0 Å². The lowest BCUT2D eigenvalue weighted by molar-refractivity contribution is 0.131.